The van der Waals surface area contributed by atoms with Gasteiger partial charge in [-0.15, -0.1) is 54.1 Å². The van der Waals surface area contributed by atoms with Crippen molar-refractivity contribution >= 4 is 43.9 Å². The second-order valence-corrected chi connectivity index (χ2v) is 10.3. The smallest absolute Gasteiger partial charge is 0.120 e. The number of furan rings is 1. The summed E-state index contributed by atoms with van der Waals surface area (Å²) in [5.74, 6) is 0.786. The minimum absolute atomic E-state index is 0. The third-order valence-electron chi connectivity index (χ3n) is 7.62. The number of para-hydroxylation sites is 3. The minimum atomic E-state index is 0. The van der Waals surface area contributed by atoms with Gasteiger partial charge in [0.05, 0.1) is 34.2 Å². The molecule has 9 aromatic rings. The molecule has 0 aliphatic carbocycles. The van der Waals surface area contributed by atoms with Crippen molar-refractivity contribution in [1.29, 1.82) is 0 Å². The average molecular weight is 757 g/mol. The van der Waals surface area contributed by atoms with Crippen LogP contribution in [-0.4, -0.2) is 19.5 Å². The van der Waals surface area contributed by atoms with Gasteiger partial charge in [0, 0.05) is 42.8 Å². The number of benzene rings is 5. The molecule has 9 rings (SSSR count). The first-order valence-corrected chi connectivity index (χ1v) is 14.4. The molecule has 5 nitrogen and oxygen atoms in total. The molecule has 0 bridgehead atoms. The van der Waals surface area contributed by atoms with E-state index in [1.165, 1.54) is 0 Å². The van der Waals surface area contributed by atoms with Crippen LogP contribution in [-0.2, 0) is 20.1 Å². The molecule has 0 aliphatic rings. The second-order valence-electron chi connectivity index (χ2n) is 10.3. The Balaban J connectivity index is 0.000000211. The summed E-state index contributed by atoms with van der Waals surface area (Å²) in [5.41, 5.74) is 8.30. The summed E-state index contributed by atoms with van der Waals surface area (Å²) in [7, 11) is 0. The maximum atomic E-state index is 6.31. The summed E-state index contributed by atoms with van der Waals surface area (Å²) >= 11 is 0. The Labute approximate surface area is 273 Å². The van der Waals surface area contributed by atoms with Crippen LogP contribution in [0.4, 0.5) is 0 Å². The number of pyridine rings is 2. The minimum Gasteiger partial charge on any atom is -0.501 e. The average Bonchev–Trinajstić information content (AvgIpc) is 3.69. The molecular weight excluding hydrogens is 733 g/mol. The van der Waals surface area contributed by atoms with Crippen molar-refractivity contribution < 1.29 is 24.5 Å². The Morgan fingerprint density at radius 1 is 0.622 bits per heavy atom. The third-order valence-corrected chi connectivity index (χ3v) is 7.62. The van der Waals surface area contributed by atoms with E-state index in [0.717, 1.165) is 72.2 Å². The number of nitrogens with zero attached hydrogens (tertiary/aromatic N) is 4. The van der Waals surface area contributed by atoms with Crippen LogP contribution in [0.25, 0.3) is 72.2 Å². The molecule has 217 valence electrons. The fourth-order valence-electron chi connectivity index (χ4n) is 5.60. The van der Waals surface area contributed by atoms with Gasteiger partial charge in [-0.2, -0.15) is 0 Å². The van der Waals surface area contributed by atoms with Crippen molar-refractivity contribution in [2.24, 2.45) is 0 Å². The third kappa shape index (κ3) is 5.21. The first-order chi connectivity index (χ1) is 21.8. The van der Waals surface area contributed by atoms with Gasteiger partial charge in [0.1, 0.15) is 5.58 Å². The summed E-state index contributed by atoms with van der Waals surface area (Å²) < 4.78 is 8.46. The van der Waals surface area contributed by atoms with Crippen molar-refractivity contribution in [3.63, 3.8) is 0 Å². The molecule has 0 atom stereocenters. The zero-order valence-corrected chi connectivity index (χ0v) is 26.3. The topological polar surface area (TPSA) is 56.7 Å². The molecule has 0 spiro atoms. The standard InChI is InChI=1S/C28H16N3O.C11H8N.Ir/c1-2-9-18(10-3-1)31-24-17-29-23-15-6-4-12-21(23)26(24)30-28(31)22-14-8-13-20-19-11-5-7-16-25(19)32-27(20)22;1-2-6-10(7-3-1)11-8-4-5-9-12-11;/h1-13,15-17H;1-6,8-9H;/q2*-1;. The first-order valence-electron chi connectivity index (χ1n) is 14.4. The molecule has 0 unspecified atom stereocenters. The molecule has 0 saturated carbocycles. The Hall–Kier alpha value is -5.42. The monoisotopic (exact) mass is 757 g/mol. The van der Waals surface area contributed by atoms with E-state index in [1.54, 1.807) is 6.20 Å². The zero-order chi connectivity index (χ0) is 29.3. The van der Waals surface area contributed by atoms with Gasteiger partial charge in [0.25, 0.3) is 0 Å². The van der Waals surface area contributed by atoms with Crippen LogP contribution in [0.1, 0.15) is 0 Å². The summed E-state index contributed by atoms with van der Waals surface area (Å²) in [6.45, 7) is 0. The molecule has 5 aromatic carbocycles. The van der Waals surface area contributed by atoms with Crippen molar-refractivity contribution in [2.75, 3.05) is 0 Å². The number of aromatic nitrogens is 4. The summed E-state index contributed by atoms with van der Waals surface area (Å²) in [6.07, 6.45) is 3.69. The Morgan fingerprint density at radius 3 is 2.22 bits per heavy atom. The van der Waals surface area contributed by atoms with Crippen molar-refractivity contribution in [3.8, 4) is 28.3 Å². The van der Waals surface area contributed by atoms with Gasteiger partial charge in [-0.25, -0.2) is 0 Å². The second kappa shape index (κ2) is 12.3. The van der Waals surface area contributed by atoms with Gasteiger partial charge in [0.2, 0.25) is 0 Å². The van der Waals surface area contributed by atoms with Gasteiger partial charge in [-0.05, 0) is 36.0 Å². The van der Waals surface area contributed by atoms with Gasteiger partial charge in [-0.1, -0.05) is 77.7 Å². The van der Waals surface area contributed by atoms with Gasteiger partial charge < -0.3 is 14.0 Å². The Kier molecular flexibility index (Phi) is 7.74. The van der Waals surface area contributed by atoms with Crippen LogP contribution < -0.4 is 0 Å². The Bertz CT molecular complexity index is 2350. The molecule has 4 aromatic heterocycles. The Morgan fingerprint density at radius 2 is 1.40 bits per heavy atom. The molecule has 1 radical (unpaired) electrons. The first kappa shape index (κ1) is 28.4. The van der Waals surface area contributed by atoms with E-state index in [4.69, 9.17) is 14.4 Å². The van der Waals surface area contributed by atoms with Crippen LogP contribution in [0.2, 0.25) is 0 Å². The maximum absolute atomic E-state index is 6.31. The molecule has 0 fully saturated rings. The number of hydrogen-bond donors (Lipinski definition) is 0. The molecular formula is C39H24IrN4O-2. The fraction of sp³-hybridized carbons (Fsp3) is 0. The van der Waals surface area contributed by atoms with E-state index >= 15 is 0 Å². The largest absolute Gasteiger partial charge is 0.501 e. The SMILES string of the molecule is [Ir].[c-]1ccc2c(oc3ccccc32)c1-c1nc2c3ccccc3ncc2n1-c1ccccc1.[c-]1ccccc1-c1ccccn1. The maximum Gasteiger partial charge on any atom is 0.120 e. The summed E-state index contributed by atoms with van der Waals surface area (Å²) in [6, 6.07) is 50.7. The number of imidazole rings is 1. The molecule has 45 heavy (non-hydrogen) atoms. The number of rotatable bonds is 3. The van der Waals surface area contributed by atoms with E-state index in [0.29, 0.717) is 0 Å². The van der Waals surface area contributed by atoms with E-state index in [9.17, 15) is 0 Å². The molecule has 0 aliphatic heterocycles. The molecule has 0 amide bonds. The van der Waals surface area contributed by atoms with Crippen LogP contribution in [0, 0.1) is 12.1 Å². The van der Waals surface area contributed by atoms with E-state index < -0.39 is 0 Å². The summed E-state index contributed by atoms with van der Waals surface area (Å²) in [4.78, 5) is 14.1. The predicted octanol–water partition coefficient (Wildman–Crippen LogP) is 9.49. The van der Waals surface area contributed by atoms with E-state index in [2.05, 4.69) is 52.0 Å². The van der Waals surface area contributed by atoms with Gasteiger partial charge in [0.15, 0.2) is 0 Å². The molecule has 0 N–H and O–H groups in total. The van der Waals surface area contributed by atoms with Crippen molar-refractivity contribution in [1.82, 2.24) is 19.5 Å². The summed E-state index contributed by atoms with van der Waals surface area (Å²) in [5, 5.41) is 3.17. The number of hydrogen-bond acceptors (Lipinski definition) is 4. The normalized spacial score (nSPS) is 10.9. The molecule has 4 heterocycles. The number of fused-ring (bicyclic) bond motifs is 6. The van der Waals surface area contributed by atoms with Crippen molar-refractivity contribution in [2.45, 2.75) is 0 Å². The van der Waals surface area contributed by atoms with E-state index in [1.807, 2.05) is 109 Å². The predicted molar refractivity (Wildman–Crippen MR) is 176 cm³/mol. The van der Waals surface area contributed by atoms with Crippen LogP contribution in [0.3, 0.4) is 0 Å². The van der Waals surface area contributed by atoms with Gasteiger partial charge in [-0.3, -0.25) is 9.97 Å². The van der Waals surface area contributed by atoms with Crippen LogP contribution in [0.15, 0.2) is 150 Å². The van der Waals surface area contributed by atoms with Crippen molar-refractivity contribution in [3.05, 3.63) is 158 Å². The quantitative estimate of drug-likeness (QED) is 0.169. The fourth-order valence-corrected chi connectivity index (χ4v) is 5.60. The van der Waals surface area contributed by atoms with E-state index in [-0.39, 0.29) is 20.1 Å². The van der Waals surface area contributed by atoms with Crippen LogP contribution >= 0.6 is 0 Å². The van der Waals surface area contributed by atoms with Crippen LogP contribution in [0.5, 0.6) is 0 Å². The molecule has 0 saturated heterocycles. The molecule has 6 heteroatoms. The zero-order valence-electron chi connectivity index (χ0n) is 23.9. The van der Waals surface area contributed by atoms with Gasteiger partial charge >= 0.3 is 0 Å².